The number of hydrogen-bond donors (Lipinski definition) is 0. The number of thiophene rings is 1. The van der Waals surface area contributed by atoms with Crippen LogP contribution in [-0.4, -0.2) is 30.2 Å². The fraction of sp³-hybridized carbons (Fsp3) is 0.235. The van der Waals surface area contributed by atoms with Gasteiger partial charge in [-0.1, -0.05) is 29.0 Å². The summed E-state index contributed by atoms with van der Waals surface area (Å²) in [5, 5.41) is 0. The van der Waals surface area contributed by atoms with Gasteiger partial charge in [0.1, 0.15) is 17.8 Å². The number of ether oxygens (including phenoxy) is 2. The van der Waals surface area contributed by atoms with E-state index in [1.807, 2.05) is 12.1 Å². The maximum Gasteiger partial charge on any atom is 0.326 e. The molecule has 2 aromatic heterocycles. The van der Waals surface area contributed by atoms with Crippen molar-refractivity contribution in [1.82, 2.24) is 4.57 Å². The molecule has 136 valence electrons. The van der Waals surface area contributed by atoms with Gasteiger partial charge >= 0.3 is 5.97 Å². The Bertz CT molecular complexity index is 1030. The average molecular weight is 411 g/mol. The minimum Gasteiger partial charge on any atom is -0.495 e. The molecule has 0 spiro atoms. The molecule has 0 aliphatic rings. The van der Waals surface area contributed by atoms with Crippen LogP contribution in [0, 0.1) is 0 Å². The van der Waals surface area contributed by atoms with Crippen LogP contribution in [-0.2, 0) is 16.1 Å². The first-order valence-electron chi connectivity index (χ1n) is 7.69. The van der Waals surface area contributed by atoms with Gasteiger partial charge in [-0.2, -0.15) is 4.99 Å². The summed E-state index contributed by atoms with van der Waals surface area (Å²) >= 11 is 8.35. The highest BCUT2D eigenvalue weighted by Gasteiger charge is 2.16. The van der Waals surface area contributed by atoms with Gasteiger partial charge in [-0.15, -0.1) is 11.3 Å². The molecule has 9 heteroatoms. The lowest BCUT2D eigenvalue weighted by molar-refractivity contribution is -0.143. The van der Waals surface area contributed by atoms with Crippen LogP contribution < -0.4 is 9.54 Å². The first kappa shape index (κ1) is 18.6. The molecule has 3 rings (SSSR count). The zero-order valence-electron chi connectivity index (χ0n) is 14.0. The molecule has 0 N–H and O–H groups in total. The number of halogens is 1. The van der Waals surface area contributed by atoms with Gasteiger partial charge in [-0.25, -0.2) is 0 Å². The van der Waals surface area contributed by atoms with E-state index in [2.05, 4.69) is 4.99 Å². The Balaban J connectivity index is 2.15. The molecule has 26 heavy (non-hydrogen) atoms. The first-order valence-corrected chi connectivity index (χ1v) is 9.71. The monoisotopic (exact) mass is 410 g/mol. The van der Waals surface area contributed by atoms with E-state index >= 15 is 0 Å². The van der Waals surface area contributed by atoms with Crippen molar-refractivity contribution in [2.45, 2.75) is 13.5 Å². The third-order valence-corrected chi connectivity index (χ3v) is 5.72. The van der Waals surface area contributed by atoms with Gasteiger partial charge in [0.05, 0.1) is 27.6 Å². The van der Waals surface area contributed by atoms with E-state index in [0.29, 0.717) is 25.3 Å². The number of hydrogen-bond acceptors (Lipinski definition) is 6. The largest absolute Gasteiger partial charge is 0.495 e. The molecule has 3 aromatic rings. The van der Waals surface area contributed by atoms with E-state index in [4.69, 9.17) is 21.1 Å². The second-order valence-electron chi connectivity index (χ2n) is 5.10. The average Bonchev–Trinajstić information content (AvgIpc) is 3.19. The number of carbonyl (C=O) groups is 2. The zero-order chi connectivity index (χ0) is 18.7. The molecular formula is C17H15ClN2O4S2. The van der Waals surface area contributed by atoms with E-state index in [1.54, 1.807) is 36.8 Å². The Morgan fingerprint density at radius 2 is 2.04 bits per heavy atom. The molecule has 1 aromatic carbocycles. The van der Waals surface area contributed by atoms with E-state index in [0.717, 1.165) is 16.0 Å². The van der Waals surface area contributed by atoms with E-state index in [9.17, 15) is 9.59 Å². The molecule has 0 saturated heterocycles. The normalized spacial score (nSPS) is 11.7. The number of para-hydroxylation sites is 1. The predicted octanol–water partition coefficient (Wildman–Crippen LogP) is 3.73. The number of thiazole rings is 1. The lowest BCUT2D eigenvalue weighted by atomic mass is 10.3. The van der Waals surface area contributed by atoms with Gasteiger partial charge in [0, 0.05) is 0 Å². The van der Waals surface area contributed by atoms with Crippen LogP contribution >= 0.6 is 34.3 Å². The summed E-state index contributed by atoms with van der Waals surface area (Å²) < 4.78 is 13.5. The maximum absolute atomic E-state index is 12.5. The number of nitrogens with zero attached hydrogens (tertiary/aromatic N) is 2. The summed E-state index contributed by atoms with van der Waals surface area (Å²) in [7, 11) is 1.55. The summed E-state index contributed by atoms with van der Waals surface area (Å²) in [6, 6.07) is 8.80. The van der Waals surface area contributed by atoms with Crippen LogP contribution in [0.15, 0.2) is 35.3 Å². The van der Waals surface area contributed by atoms with Crippen molar-refractivity contribution in [1.29, 1.82) is 0 Å². The second kappa shape index (κ2) is 8.03. The molecule has 0 fully saturated rings. The molecule has 6 nitrogen and oxygen atoms in total. The molecule has 2 heterocycles. The summed E-state index contributed by atoms with van der Waals surface area (Å²) in [5.41, 5.74) is 0.698. The van der Waals surface area contributed by atoms with Crippen LogP contribution in [0.1, 0.15) is 16.6 Å². The van der Waals surface area contributed by atoms with Crippen molar-refractivity contribution in [3.05, 3.63) is 44.3 Å². The Morgan fingerprint density at radius 3 is 2.69 bits per heavy atom. The van der Waals surface area contributed by atoms with Crippen molar-refractivity contribution >= 4 is 56.4 Å². The fourth-order valence-corrected chi connectivity index (χ4v) is 4.37. The van der Waals surface area contributed by atoms with Gasteiger partial charge in [-0.3, -0.25) is 9.59 Å². The number of amides is 1. The van der Waals surface area contributed by atoms with E-state index < -0.39 is 11.9 Å². The topological polar surface area (TPSA) is 69.9 Å². The Hall–Kier alpha value is -2.16. The molecule has 0 radical (unpaired) electrons. The standard InChI is InChI=1S/C17H15ClN2O4S2/c1-3-24-14(21)9-20-15-10(23-2)5-4-6-11(15)26-17(20)19-16(22)12-7-8-13(18)25-12/h4-8H,3,9H2,1-2H3. The van der Waals surface area contributed by atoms with Gasteiger partial charge < -0.3 is 14.0 Å². The molecule has 1 amide bonds. The number of esters is 1. The summed E-state index contributed by atoms with van der Waals surface area (Å²) in [6.45, 7) is 1.95. The third-order valence-electron chi connectivity index (χ3n) is 3.46. The van der Waals surface area contributed by atoms with Crippen molar-refractivity contribution < 1.29 is 19.1 Å². The number of aromatic nitrogens is 1. The summed E-state index contributed by atoms with van der Waals surface area (Å²) in [4.78, 5) is 29.5. The highest BCUT2D eigenvalue weighted by molar-refractivity contribution is 7.18. The number of fused-ring (bicyclic) bond motifs is 1. The number of methoxy groups -OCH3 is 1. The minimum atomic E-state index is -0.412. The number of rotatable bonds is 5. The van der Waals surface area contributed by atoms with Crippen LogP contribution in [0.2, 0.25) is 4.34 Å². The van der Waals surface area contributed by atoms with Crippen molar-refractivity contribution in [2.75, 3.05) is 13.7 Å². The first-order chi connectivity index (χ1) is 12.5. The quantitative estimate of drug-likeness (QED) is 0.601. The Morgan fingerprint density at radius 1 is 1.23 bits per heavy atom. The van der Waals surface area contributed by atoms with Crippen molar-refractivity contribution in [2.24, 2.45) is 4.99 Å². The van der Waals surface area contributed by atoms with Gasteiger partial charge in [-0.05, 0) is 31.2 Å². The molecular weight excluding hydrogens is 396 g/mol. The van der Waals surface area contributed by atoms with Crippen LogP contribution in [0.3, 0.4) is 0 Å². The van der Waals surface area contributed by atoms with Crippen molar-refractivity contribution in [3.8, 4) is 5.75 Å². The smallest absolute Gasteiger partial charge is 0.326 e. The van der Waals surface area contributed by atoms with Gasteiger partial charge in [0.2, 0.25) is 0 Å². The van der Waals surface area contributed by atoms with Crippen LogP contribution in [0.4, 0.5) is 0 Å². The second-order valence-corrected chi connectivity index (χ2v) is 7.83. The molecule has 0 aliphatic heterocycles. The molecule has 0 bridgehead atoms. The molecule has 0 saturated carbocycles. The summed E-state index contributed by atoms with van der Waals surface area (Å²) in [6.07, 6.45) is 0. The number of carbonyl (C=O) groups excluding carboxylic acids is 2. The lowest BCUT2D eigenvalue weighted by Crippen LogP contribution is -2.23. The van der Waals surface area contributed by atoms with E-state index in [1.165, 1.54) is 11.3 Å². The molecule has 0 atom stereocenters. The SMILES string of the molecule is CCOC(=O)Cn1c(=NC(=O)c2ccc(Cl)s2)sc2cccc(OC)c21. The van der Waals surface area contributed by atoms with Crippen LogP contribution in [0.5, 0.6) is 5.75 Å². The van der Waals surface area contributed by atoms with Crippen LogP contribution in [0.25, 0.3) is 10.2 Å². The summed E-state index contributed by atoms with van der Waals surface area (Å²) in [5.74, 6) is -0.229. The Kier molecular flexibility index (Phi) is 5.75. The number of benzene rings is 1. The predicted molar refractivity (Wildman–Crippen MR) is 102 cm³/mol. The van der Waals surface area contributed by atoms with Gasteiger partial charge in [0.15, 0.2) is 4.80 Å². The van der Waals surface area contributed by atoms with Gasteiger partial charge in [0.25, 0.3) is 5.91 Å². The Labute approximate surface area is 162 Å². The van der Waals surface area contributed by atoms with Crippen molar-refractivity contribution in [3.63, 3.8) is 0 Å². The zero-order valence-corrected chi connectivity index (χ0v) is 16.4. The maximum atomic E-state index is 12.5. The fourth-order valence-electron chi connectivity index (χ4n) is 2.40. The lowest BCUT2D eigenvalue weighted by Gasteiger charge is -2.08. The highest BCUT2D eigenvalue weighted by Crippen LogP contribution is 2.27. The third kappa shape index (κ3) is 3.82. The van der Waals surface area contributed by atoms with E-state index in [-0.39, 0.29) is 13.2 Å². The highest BCUT2D eigenvalue weighted by atomic mass is 35.5. The minimum absolute atomic E-state index is 0.0640. The molecule has 0 unspecified atom stereocenters. The molecule has 0 aliphatic carbocycles.